The van der Waals surface area contributed by atoms with Crippen LogP contribution in [0.5, 0.6) is 5.75 Å². The second-order valence-corrected chi connectivity index (χ2v) is 7.20. The molecule has 0 aliphatic heterocycles. The second kappa shape index (κ2) is 7.12. The van der Waals surface area contributed by atoms with Crippen LogP contribution in [0.2, 0.25) is 0 Å². The zero-order chi connectivity index (χ0) is 19.8. The standard InChI is InChI=1S/C24H21FO3/c1-14-12-19(16-6-4-3-5-7-16)23-22(15(14)2)24(23)28-18-10-8-17(20(25)13-18)9-11-21(26)27/h3-8,10,12-13,24H,9,11H2,1-2H3,(H,26,27). The first-order chi connectivity index (χ1) is 13.5. The fourth-order valence-corrected chi connectivity index (χ4v) is 3.66. The third kappa shape index (κ3) is 3.38. The number of carboxylic acid groups (broad SMARTS) is 1. The molecule has 0 spiro atoms. The van der Waals surface area contributed by atoms with Crippen molar-refractivity contribution in [2.75, 3.05) is 0 Å². The van der Waals surface area contributed by atoms with Crippen molar-refractivity contribution in [3.63, 3.8) is 0 Å². The van der Waals surface area contributed by atoms with Gasteiger partial charge in [0, 0.05) is 23.6 Å². The van der Waals surface area contributed by atoms with Gasteiger partial charge in [-0.25, -0.2) is 4.39 Å². The maximum atomic E-state index is 14.3. The van der Waals surface area contributed by atoms with Gasteiger partial charge in [-0.15, -0.1) is 0 Å². The highest BCUT2D eigenvalue weighted by molar-refractivity contribution is 5.79. The summed E-state index contributed by atoms with van der Waals surface area (Å²) in [6.07, 6.45) is -0.0979. The molecule has 0 bridgehead atoms. The van der Waals surface area contributed by atoms with Crippen molar-refractivity contribution >= 4 is 5.97 Å². The number of carboxylic acids is 1. The monoisotopic (exact) mass is 376 g/mol. The number of hydrogen-bond acceptors (Lipinski definition) is 2. The first-order valence-corrected chi connectivity index (χ1v) is 9.32. The third-order valence-electron chi connectivity index (χ3n) is 5.35. The number of hydrogen-bond donors (Lipinski definition) is 1. The summed E-state index contributed by atoms with van der Waals surface area (Å²) in [5.74, 6) is -0.916. The molecule has 1 unspecified atom stereocenters. The Balaban J connectivity index is 1.59. The Hall–Kier alpha value is -3.14. The maximum absolute atomic E-state index is 14.3. The molecule has 1 N–H and O–H groups in total. The van der Waals surface area contributed by atoms with Crippen molar-refractivity contribution in [3.05, 3.63) is 88.2 Å². The summed E-state index contributed by atoms with van der Waals surface area (Å²) < 4.78 is 20.4. The first-order valence-electron chi connectivity index (χ1n) is 9.32. The van der Waals surface area contributed by atoms with Gasteiger partial charge in [-0.1, -0.05) is 42.5 Å². The van der Waals surface area contributed by atoms with E-state index < -0.39 is 11.8 Å². The van der Waals surface area contributed by atoms with Crippen LogP contribution in [0.15, 0.2) is 54.6 Å². The van der Waals surface area contributed by atoms with Gasteiger partial charge in [-0.05, 0) is 54.2 Å². The van der Waals surface area contributed by atoms with Crippen LogP contribution in [0.3, 0.4) is 0 Å². The molecule has 4 rings (SSSR count). The van der Waals surface area contributed by atoms with Gasteiger partial charge in [-0.2, -0.15) is 0 Å². The van der Waals surface area contributed by atoms with Crippen molar-refractivity contribution in [1.82, 2.24) is 0 Å². The molecule has 3 aromatic rings. The Kier molecular flexibility index (Phi) is 4.63. The summed E-state index contributed by atoms with van der Waals surface area (Å²) in [5.41, 5.74) is 7.43. The van der Waals surface area contributed by atoms with E-state index >= 15 is 0 Å². The normalized spacial score (nSPS) is 14.5. The fraction of sp³-hybridized carbons (Fsp3) is 0.208. The van der Waals surface area contributed by atoms with Gasteiger partial charge in [0.15, 0.2) is 6.10 Å². The van der Waals surface area contributed by atoms with Crippen molar-refractivity contribution < 1.29 is 19.0 Å². The van der Waals surface area contributed by atoms with E-state index in [0.29, 0.717) is 11.3 Å². The summed E-state index contributed by atoms with van der Waals surface area (Å²) in [6, 6.07) is 17.0. The van der Waals surface area contributed by atoms with Crippen molar-refractivity contribution in [2.45, 2.75) is 32.8 Å². The average molecular weight is 376 g/mol. The maximum Gasteiger partial charge on any atom is 0.303 e. The molecule has 0 saturated carbocycles. The van der Waals surface area contributed by atoms with Gasteiger partial charge in [0.2, 0.25) is 0 Å². The van der Waals surface area contributed by atoms with E-state index in [1.54, 1.807) is 12.1 Å². The predicted molar refractivity (Wildman–Crippen MR) is 106 cm³/mol. The Labute approximate surface area is 163 Å². The molecule has 0 saturated heterocycles. The molecule has 0 radical (unpaired) electrons. The summed E-state index contributed by atoms with van der Waals surface area (Å²) in [6.45, 7) is 4.18. The molecular weight excluding hydrogens is 355 g/mol. The third-order valence-corrected chi connectivity index (χ3v) is 5.35. The molecule has 1 aliphatic carbocycles. The van der Waals surface area contributed by atoms with E-state index in [0.717, 1.165) is 16.7 Å². The minimum absolute atomic E-state index is 0.0932. The van der Waals surface area contributed by atoms with E-state index in [9.17, 15) is 9.18 Å². The minimum Gasteiger partial charge on any atom is -0.481 e. The summed E-state index contributed by atoms with van der Waals surface area (Å²) in [5, 5.41) is 8.77. The Bertz CT molecular complexity index is 1060. The van der Waals surface area contributed by atoms with Crippen molar-refractivity contribution in [2.24, 2.45) is 0 Å². The predicted octanol–water partition coefficient (Wildman–Crippen LogP) is 5.61. The van der Waals surface area contributed by atoms with Gasteiger partial charge in [0.1, 0.15) is 11.6 Å². The smallest absolute Gasteiger partial charge is 0.303 e. The highest BCUT2D eigenvalue weighted by Crippen LogP contribution is 2.52. The molecule has 3 aromatic carbocycles. The lowest BCUT2D eigenvalue weighted by Crippen LogP contribution is -2.00. The highest BCUT2D eigenvalue weighted by atomic mass is 19.1. The summed E-state index contributed by atoms with van der Waals surface area (Å²) >= 11 is 0. The van der Waals surface area contributed by atoms with Crippen LogP contribution in [-0.4, -0.2) is 11.1 Å². The number of aryl methyl sites for hydroxylation is 2. The number of halogens is 1. The van der Waals surface area contributed by atoms with Gasteiger partial charge < -0.3 is 9.84 Å². The number of fused-ring (bicyclic) bond motifs is 1. The number of ether oxygens (including phenoxy) is 1. The van der Waals surface area contributed by atoms with E-state index in [1.165, 1.54) is 22.8 Å². The average Bonchev–Trinajstić information content (AvgIpc) is 3.38. The molecule has 142 valence electrons. The lowest BCUT2D eigenvalue weighted by atomic mass is 10.0. The van der Waals surface area contributed by atoms with Crippen LogP contribution in [-0.2, 0) is 11.2 Å². The van der Waals surface area contributed by atoms with E-state index in [4.69, 9.17) is 9.84 Å². The Morgan fingerprint density at radius 2 is 1.82 bits per heavy atom. The molecule has 0 heterocycles. The van der Waals surface area contributed by atoms with Crippen molar-refractivity contribution in [1.29, 1.82) is 0 Å². The lowest BCUT2D eigenvalue weighted by molar-refractivity contribution is -0.136. The zero-order valence-corrected chi connectivity index (χ0v) is 15.8. The zero-order valence-electron chi connectivity index (χ0n) is 15.8. The second-order valence-electron chi connectivity index (χ2n) is 7.20. The van der Waals surface area contributed by atoms with Crippen LogP contribution in [0.1, 0.15) is 40.3 Å². The van der Waals surface area contributed by atoms with E-state index in [-0.39, 0.29) is 18.9 Å². The number of aliphatic carboxylic acids is 1. The topological polar surface area (TPSA) is 46.5 Å². The van der Waals surface area contributed by atoms with E-state index in [1.807, 2.05) is 18.2 Å². The molecule has 28 heavy (non-hydrogen) atoms. The largest absolute Gasteiger partial charge is 0.481 e. The lowest BCUT2D eigenvalue weighted by Gasteiger charge is -2.08. The van der Waals surface area contributed by atoms with Crippen molar-refractivity contribution in [3.8, 4) is 16.9 Å². The van der Waals surface area contributed by atoms with Crippen LogP contribution >= 0.6 is 0 Å². The fourth-order valence-electron chi connectivity index (χ4n) is 3.66. The van der Waals surface area contributed by atoms with E-state index in [2.05, 4.69) is 32.0 Å². The highest BCUT2D eigenvalue weighted by Gasteiger charge is 2.40. The molecule has 1 aliphatic rings. The molecule has 3 nitrogen and oxygen atoms in total. The van der Waals surface area contributed by atoms with Crippen LogP contribution < -0.4 is 4.74 Å². The Morgan fingerprint density at radius 1 is 1.07 bits per heavy atom. The quantitative estimate of drug-likeness (QED) is 0.608. The summed E-state index contributed by atoms with van der Waals surface area (Å²) in [4.78, 5) is 10.7. The molecule has 0 aromatic heterocycles. The SMILES string of the molecule is Cc1cc(-c2ccccc2)c2c(c1C)C2Oc1ccc(CCC(=O)O)c(F)c1. The van der Waals surface area contributed by atoms with Gasteiger partial charge in [0.05, 0.1) is 0 Å². The number of benzene rings is 3. The summed E-state index contributed by atoms with van der Waals surface area (Å²) in [7, 11) is 0. The molecule has 0 fully saturated rings. The van der Waals surface area contributed by atoms with Gasteiger partial charge in [0.25, 0.3) is 0 Å². The van der Waals surface area contributed by atoms with Gasteiger partial charge in [-0.3, -0.25) is 4.79 Å². The Morgan fingerprint density at radius 3 is 2.50 bits per heavy atom. The van der Waals surface area contributed by atoms with Crippen LogP contribution in [0.4, 0.5) is 4.39 Å². The number of carbonyl (C=O) groups is 1. The van der Waals surface area contributed by atoms with Crippen LogP contribution in [0.25, 0.3) is 11.1 Å². The molecule has 0 amide bonds. The molecular formula is C24H21FO3. The minimum atomic E-state index is -0.938. The first kappa shape index (κ1) is 18.2. The van der Waals surface area contributed by atoms with Crippen LogP contribution in [0, 0.1) is 19.7 Å². The molecule has 4 heteroatoms. The van der Waals surface area contributed by atoms with Gasteiger partial charge >= 0.3 is 5.97 Å². The number of rotatable bonds is 6. The molecule has 1 atom stereocenters.